The minimum atomic E-state index is -0.180. The Kier molecular flexibility index (Phi) is 3.87. The third-order valence-electron chi connectivity index (χ3n) is 3.65. The van der Waals surface area contributed by atoms with E-state index in [2.05, 4.69) is 35.3 Å². The predicted octanol–water partition coefficient (Wildman–Crippen LogP) is 1.03. The molecule has 1 aromatic carbocycles. The lowest BCUT2D eigenvalue weighted by Gasteiger charge is -2.19. The minimum Gasteiger partial charge on any atom is -0.371 e. The van der Waals surface area contributed by atoms with Crippen LogP contribution in [-0.2, 0) is 11.3 Å². The minimum absolute atomic E-state index is 0.00212. The molecule has 1 aliphatic rings. The van der Waals surface area contributed by atoms with Gasteiger partial charge in [-0.15, -0.1) is 0 Å². The summed E-state index contributed by atoms with van der Waals surface area (Å²) in [5, 5.41) is 3.16. The number of rotatable bonds is 4. The second kappa shape index (κ2) is 5.40. The molecule has 3 N–H and O–H groups in total. The summed E-state index contributed by atoms with van der Waals surface area (Å²) in [5.41, 5.74) is 9.14. The van der Waals surface area contributed by atoms with Gasteiger partial charge < -0.3 is 16.0 Å². The van der Waals surface area contributed by atoms with Crippen LogP contribution in [0.1, 0.15) is 17.5 Å². The van der Waals surface area contributed by atoms with E-state index in [9.17, 15) is 4.79 Å². The summed E-state index contributed by atoms with van der Waals surface area (Å²) in [4.78, 5) is 13.4. The van der Waals surface area contributed by atoms with E-state index < -0.39 is 0 Å². The predicted molar refractivity (Wildman–Crippen MR) is 73.5 cm³/mol. The Bertz CT molecular complexity index is 445. The summed E-state index contributed by atoms with van der Waals surface area (Å²) >= 11 is 0. The van der Waals surface area contributed by atoms with Crippen LogP contribution in [0.25, 0.3) is 0 Å². The number of amides is 1. The summed E-state index contributed by atoms with van der Waals surface area (Å²) in [5.74, 6) is -0.177. The molecule has 0 radical (unpaired) electrons. The van der Waals surface area contributed by atoms with Crippen LogP contribution in [0, 0.1) is 12.8 Å². The first-order chi connectivity index (χ1) is 8.61. The number of carbonyl (C=O) groups excluding carboxylic acids is 1. The molecule has 1 aliphatic heterocycles. The number of nitrogens with one attached hydrogen (secondary N) is 1. The van der Waals surface area contributed by atoms with Crippen LogP contribution in [0.3, 0.4) is 0 Å². The maximum absolute atomic E-state index is 11.2. The molecule has 0 aromatic heterocycles. The number of benzene rings is 1. The molecule has 0 aliphatic carbocycles. The van der Waals surface area contributed by atoms with Crippen molar-refractivity contribution in [2.24, 2.45) is 11.7 Å². The smallest absolute Gasteiger partial charge is 0.222 e. The maximum Gasteiger partial charge on any atom is 0.222 e. The molecule has 1 heterocycles. The normalized spacial score (nSPS) is 19.2. The number of nitrogens with zero attached hydrogens (tertiary/aromatic N) is 1. The van der Waals surface area contributed by atoms with Gasteiger partial charge in [-0.3, -0.25) is 4.79 Å². The Morgan fingerprint density at radius 1 is 1.56 bits per heavy atom. The van der Waals surface area contributed by atoms with Gasteiger partial charge in [0.15, 0.2) is 0 Å². The summed E-state index contributed by atoms with van der Waals surface area (Å²) in [7, 11) is 1.95. The molecule has 1 amide bonds. The lowest BCUT2D eigenvalue weighted by atomic mass is 10.1. The number of hydrogen-bond donors (Lipinski definition) is 2. The van der Waals surface area contributed by atoms with E-state index in [0.29, 0.717) is 0 Å². The highest BCUT2D eigenvalue weighted by Crippen LogP contribution is 2.25. The molecule has 1 unspecified atom stereocenters. The van der Waals surface area contributed by atoms with Gasteiger partial charge in [-0.2, -0.15) is 0 Å². The van der Waals surface area contributed by atoms with Crippen LogP contribution in [0.4, 0.5) is 5.69 Å². The van der Waals surface area contributed by atoms with E-state index in [1.54, 1.807) is 0 Å². The largest absolute Gasteiger partial charge is 0.371 e. The van der Waals surface area contributed by atoms with Crippen molar-refractivity contribution in [3.05, 3.63) is 29.3 Å². The fourth-order valence-corrected chi connectivity index (χ4v) is 2.49. The zero-order valence-corrected chi connectivity index (χ0v) is 11.1. The van der Waals surface area contributed by atoms with Crippen LogP contribution in [-0.4, -0.2) is 26.0 Å². The van der Waals surface area contributed by atoms with E-state index in [0.717, 1.165) is 26.1 Å². The summed E-state index contributed by atoms with van der Waals surface area (Å²) in [6.45, 7) is 4.67. The quantitative estimate of drug-likeness (QED) is 0.835. The molecule has 4 heteroatoms. The maximum atomic E-state index is 11.2. The molecule has 1 aromatic rings. The first-order valence-electron chi connectivity index (χ1n) is 6.40. The molecule has 0 spiro atoms. The molecule has 2 rings (SSSR count). The highest BCUT2D eigenvalue weighted by molar-refractivity contribution is 5.78. The highest BCUT2D eigenvalue weighted by atomic mass is 16.1. The van der Waals surface area contributed by atoms with Crippen molar-refractivity contribution < 1.29 is 4.79 Å². The molecule has 0 saturated carbocycles. The average Bonchev–Trinajstić information content (AvgIpc) is 2.81. The second-order valence-electron chi connectivity index (χ2n) is 4.98. The number of primary amides is 1. The van der Waals surface area contributed by atoms with Crippen molar-refractivity contribution in [1.29, 1.82) is 0 Å². The van der Waals surface area contributed by atoms with E-state index in [4.69, 9.17) is 5.73 Å². The van der Waals surface area contributed by atoms with Crippen molar-refractivity contribution in [2.45, 2.75) is 19.9 Å². The van der Waals surface area contributed by atoms with Gasteiger partial charge in [-0.05, 0) is 43.7 Å². The van der Waals surface area contributed by atoms with Crippen LogP contribution < -0.4 is 16.0 Å². The first-order valence-corrected chi connectivity index (χ1v) is 6.40. The third-order valence-corrected chi connectivity index (χ3v) is 3.65. The molecule has 1 fully saturated rings. The van der Waals surface area contributed by atoms with Crippen LogP contribution in [0.2, 0.25) is 0 Å². The van der Waals surface area contributed by atoms with Crippen molar-refractivity contribution in [1.82, 2.24) is 5.32 Å². The van der Waals surface area contributed by atoms with Crippen LogP contribution in [0.15, 0.2) is 18.2 Å². The van der Waals surface area contributed by atoms with Gasteiger partial charge in [0.2, 0.25) is 5.91 Å². The lowest BCUT2D eigenvalue weighted by Crippen LogP contribution is -2.27. The Balaban J connectivity index is 2.11. The highest BCUT2D eigenvalue weighted by Gasteiger charge is 2.26. The Morgan fingerprint density at radius 3 is 2.89 bits per heavy atom. The third kappa shape index (κ3) is 2.64. The number of hydrogen-bond acceptors (Lipinski definition) is 3. The molecule has 4 nitrogen and oxygen atoms in total. The molecule has 1 atom stereocenters. The van der Waals surface area contributed by atoms with Crippen molar-refractivity contribution in [3.8, 4) is 0 Å². The Hall–Kier alpha value is -1.55. The summed E-state index contributed by atoms with van der Waals surface area (Å²) < 4.78 is 0. The average molecular weight is 247 g/mol. The molecular formula is C14H21N3O. The van der Waals surface area contributed by atoms with Crippen LogP contribution in [0.5, 0.6) is 0 Å². The van der Waals surface area contributed by atoms with Crippen molar-refractivity contribution in [2.75, 3.05) is 25.0 Å². The topological polar surface area (TPSA) is 58.4 Å². The summed E-state index contributed by atoms with van der Waals surface area (Å²) in [6, 6.07) is 6.47. The van der Waals surface area contributed by atoms with Crippen molar-refractivity contribution in [3.63, 3.8) is 0 Å². The van der Waals surface area contributed by atoms with Gasteiger partial charge in [0, 0.05) is 25.3 Å². The van der Waals surface area contributed by atoms with E-state index in [1.165, 1.54) is 16.8 Å². The summed E-state index contributed by atoms with van der Waals surface area (Å²) in [6.07, 6.45) is 0.868. The lowest BCUT2D eigenvalue weighted by molar-refractivity contribution is -0.121. The van der Waals surface area contributed by atoms with Crippen molar-refractivity contribution >= 4 is 11.6 Å². The van der Waals surface area contributed by atoms with E-state index in [1.807, 2.05) is 7.05 Å². The second-order valence-corrected chi connectivity index (χ2v) is 4.98. The standard InChI is InChI=1S/C14H21N3O/c1-10-7-13(4-3-11(10)8-16-2)17-6-5-12(9-17)14(15)18/h3-4,7,12,16H,5-6,8-9H2,1-2H3,(H2,15,18). The molecule has 98 valence electrons. The zero-order valence-electron chi connectivity index (χ0n) is 11.1. The van der Waals surface area contributed by atoms with Crippen LogP contribution >= 0.6 is 0 Å². The molecule has 0 bridgehead atoms. The molecule has 18 heavy (non-hydrogen) atoms. The van der Waals surface area contributed by atoms with Gasteiger partial charge in [-0.25, -0.2) is 0 Å². The SMILES string of the molecule is CNCc1ccc(N2CCC(C(N)=O)C2)cc1C. The molecule has 1 saturated heterocycles. The number of nitrogens with two attached hydrogens (primary N) is 1. The van der Waals surface area contributed by atoms with Gasteiger partial charge in [0.05, 0.1) is 5.92 Å². The van der Waals surface area contributed by atoms with E-state index in [-0.39, 0.29) is 11.8 Å². The van der Waals surface area contributed by atoms with Gasteiger partial charge in [-0.1, -0.05) is 6.07 Å². The Labute approximate surface area is 108 Å². The number of anilines is 1. The van der Waals surface area contributed by atoms with Gasteiger partial charge in [0.25, 0.3) is 0 Å². The van der Waals surface area contributed by atoms with Gasteiger partial charge in [0.1, 0.15) is 0 Å². The fraction of sp³-hybridized carbons (Fsp3) is 0.500. The Morgan fingerprint density at radius 2 is 2.33 bits per heavy atom. The van der Waals surface area contributed by atoms with Gasteiger partial charge >= 0.3 is 0 Å². The van der Waals surface area contributed by atoms with E-state index >= 15 is 0 Å². The number of aryl methyl sites for hydroxylation is 1. The first kappa shape index (κ1) is 12.9. The zero-order chi connectivity index (χ0) is 13.1. The monoisotopic (exact) mass is 247 g/mol. The number of carbonyl (C=O) groups is 1. The fourth-order valence-electron chi connectivity index (χ4n) is 2.49. The molecular weight excluding hydrogens is 226 g/mol.